The lowest BCUT2D eigenvalue weighted by atomic mass is 10.0. The first-order valence-corrected chi connectivity index (χ1v) is 10.0. The molecular formula is C25H22O8. The number of Topliss-reactive ketones (excluding diaryl/α,β-unsaturated/α-hetero) is 1. The molecule has 8 heteroatoms. The van der Waals surface area contributed by atoms with Gasteiger partial charge in [0.1, 0.15) is 23.0 Å². The second kappa shape index (κ2) is 8.74. The number of methoxy groups -OCH3 is 3. The van der Waals surface area contributed by atoms with Gasteiger partial charge in [-0.05, 0) is 49.7 Å². The van der Waals surface area contributed by atoms with Gasteiger partial charge in [0.25, 0.3) is 0 Å². The zero-order valence-electron chi connectivity index (χ0n) is 18.8. The van der Waals surface area contributed by atoms with E-state index in [-0.39, 0.29) is 22.9 Å². The average Bonchev–Trinajstić information content (AvgIpc) is 3.35. The smallest absolute Gasteiger partial charge is 0.343 e. The number of ketones is 1. The van der Waals surface area contributed by atoms with Crippen molar-refractivity contribution >= 4 is 17.8 Å². The molecular weight excluding hydrogens is 428 g/mol. The lowest BCUT2D eigenvalue weighted by Gasteiger charge is -2.14. The SMILES string of the molecule is COc1cc(C(=O)Oc2cc(C)c3c(c2)O/C(=C\c2ccc(C)o2)C3=O)cc(OC)c1OC. The zero-order chi connectivity index (χ0) is 23.7. The van der Waals surface area contributed by atoms with Crippen molar-refractivity contribution < 1.29 is 37.7 Å². The summed E-state index contributed by atoms with van der Waals surface area (Å²) in [5.41, 5.74) is 1.23. The number of carbonyl (C=O) groups excluding carboxylic acids is 2. The molecule has 0 N–H and O–H groups in total. The topological polar surface area (TPSA) is 93.4 Å². The van der Waals surface area contributed by atoms with Crippen molar-refractivity contribution in [2.45, 2.75) is 13.8 Å². The van der Waals surface area contributed by atoms with Gasteiger partial charge in [-0.25, -0.2) is 4.79 Å². The van der Waals surface area contributed by atoms with Gasteiger partial charge in [0, 0.05) is 12.1 Å². The summed E-state index contributed by atoms with van der Waals surface area (Å²) in [6.07, 6.45) is 1.54. The molecule has 0 atom stereocenters. The Kier molecular flexibility index (Phi) is 5.83. The van der Waals surface area contributed by atoms with E-state index in [0.717, 1.165) is 5.76 Å². The highest BCUT2D eigenvalue weighted by molar-refractivity contribution is 6.15. The number of esters is 1. The Bertz CT molecular complexity index is 1260. The van der Waals surface area contributed by atoms with Crippen LogP contribution in [0, 0.1) is 13.8 Å². The standard InChI is InChI=1S/C25H22O8/c1-13-8-17(32-25(27)15-9-20(28-3)24(30-5)21(10-15)29-4)12-18-22(13)23(26)19(33-18)11-16-7-6-14(2)31-16/h6-12H,1-5H3/b19-11-. The highest BCUT2D eigenvalue weighted by atomic mass is 16.5. The maximum atomic E-state index is 12.8. The third kappa shape index (κ3) is 4.15. The van der Waals surface area contributed by atoms with E-state index in [1.165, 1.54) is 45.6 Å². The maximum Gasteiger partial charge on any atom is 0.343 e. The van der Waals surface area contributed by atoms with E-state index in [2.05, 4.69) is 0 Å². The van der Waals surface area contributed by atoms with Crippen molar-refractivity contribution in [2.24, 2.45) is 0 Å². The Hall–Kier alpha value is -4.20. The van der Waals surface area contributed by atoms with Crippen LogP contribution in [0.1, 0.15) is 37.8 Å². The summed E-state index contributed by atoms with van der Waals surface area (Å²) in [4.78, 5) is 25.6. The predicted octanol–water partition coefficient (Wildman–Crippen LogP) is 4.76. The summed E-state index contributed by atoms with van der Waals surface area (Å²) in [5, 5.41) is 0. The van der Waals surface area contributed by atoms with Gasteiger partial charge >= 0.3 is 5.97 Å². The molecule has 0 fully saturated rings. The van der Waals surface area contributed by atoms with Crippen molar-refractivity contribution in [3.05, 3.63) is 70.4 Å². The van der Waals surface area contributed by atoms with Crippen LogP contribution >= 0.6 is 0 Å². The Morgan fingerprint density at radius 1 is 0.939 bits per heavy atom. The summed E-state index contributed by atoms with van der Waals surface area (Å²) in [5.74, 6) is 2.02. The van der Waals surface area contributed by atoms with Crippen LogP contribution < -0.4 is 23.7 Å². The van der Waals surface area contributed by atoms with Crippen molar-refractivity contribution in [3.8, 4) is 28.7 Å². The number of rotatable bonds is 6. The van der Waals surface area contributed by atoms with Gasteiger partial charge in [-0.3, -0.25) is 4.79 Å². The molecule has 0 aliphatic carbocycles. The Morgan fingerprint density at radius 3 is 2.21 bits per heavy atom. The average molecular weight is 450 g/mol. The number of ether oxygens (including phenoxy) is 5. The summed E-state index contributed by atoms with van der Waals surface area (Å²) in [6.45, 7) is 3.56. The first kappa shape index (κ1) is 22.0. The monoisotopic (exact) mass is 450 g/mol. The Morgan fingerprint density at radius 2 is 1.64 bits per heavy atom. The third-order valence-electron chi connectivity index (χ3n) is 5.09. The summed E-state index contributed by atoms with van der Waals surface area (Å²) in [7, 11) is 4.39. The van der Waals surface area contributed by atoms with Crippen LogP contribution in [-0.2, 0) is 0 Å². The molecule has 0 saturated heterocycles. The van der Waals surface area contributed by atoms with Crippen molar-refractivity contribution in [1.29, 1.82) is 0 Å². The predicted molar refractivity (Wildman–Crippen MR) is 119 cm³/mol. The van der Waals surface area contributed by atoms with Crippen LogP contribution in [0.3, 0.4) is 0 Å². The lowest BCUT2D eigenvalue weighted by Crippen LogP contribution is -2.10. The van der Waals surface area contributed by atoms with E-state index in [4.69, 9.17) is 28.1 Å². The number of fused-ring (bicyclic) bond motifs is 1. The summed E-state index contributed by atoms with van der Waals surface area (Å²) < 4.78 is 32.7. The number of furan rings is 1. The number of hydrogen-bond donors (Lipinski definition) is 0. The summed E-state index contributed by atoms with van der Waals surface area (Å²) in [6, 6.07) is 9.65. The van der Waals surface area contributed by atoms with Crippen molar-refractivity contribution in [1.82, 2.24) is 0 Å². The Balaban J connectivity index is 1.61. The molecule has 1 aliphatic rings. The molecule has 2 aromatic carbocycles. The molecule has 2 heterocycles. The lowest BCUT2D eigenvalue weighted by molar-refractivity contribution is 0.0733. The fraction of sp³-hybridized carbons (Fsp3) is 0.200. The molecule has 33 heavy (non-hydrogen) atoms. The number of benzene rings is 2. The molecule has 1 aromatic heterocycles. The van der Waals surface area contributed by atoms with Crippen molar-refractivity contribution in [3.63, 3.8) is 0 Å². The van der Waals surface area contributed by atoms with Gasteiger partial charge < -0.3 is 28.1 Å². The highest BCUT2D eigenvalue weighted by Crippen LogP contribution is 2.40. The van der Waals surface area contributed by atoms with E-state index in [1.807, 2.05) is 6.92 Å². The Labute approximate surface area is 190 Å². The van der Waals surface area contributed by atoms with Crippen LogP contribution in [0.4, 0.5) is 0 Å². The minimum Gasteiger partial charge on any atom is -0.493 e. The quantitative estimate of drug-likeness (QED) is 0.302. The van der Waals surface area contributed by atoms with Gasteiger partial charge in [-0.2, -0.15) is 0 Å². The van der Waals surface area contributed by atoms with Gasteiger partial charge in [-0.15, -0.1) is 0 Å². The molecule has 8 nitrogen and oxygen atoms in total. The van der Waals surface area contributed by atoms with Crippen LogP contribution in [-0.4, -0.2) is 33.1 Å². The van der Waals surface area contributed by atoms with E-state index in [0.29, 0.717) is 39.9 Å². The molecule has 0 spiro atoms. The third-order valence-corrected chi connectivity index (χ3v) is 5.09. The molecule has 3 aromatic rings. The van der Waals surface area contributed by atoms with Gasteiger partial charge in [0.05, 0.1) is 32.5 Å². The normalized spacial score (nSPS) is 13.5. The molecule has 0 unspecified atom stereocenters. The second-order valence-corrected chi connectivity index (χ2v) is 7.31. The largest absolute Gasteiger partial charge is 0.493 e. The fourth-order valence-electron chi connectivity index (χ4n) is 3.56. The van der Waals surface area contributed by atoms with E-state index >= 15 is 0 Å². The van der Waals surface area contributed by atoms with Crippen LogP contribution in [0.2, 0.25) is 0 Å². The maximum absolute atomic E-state index is 12.8. The van der Waals surface area contributed by atoms with Gasteiger partial charge in [-0.1, -0.05) is 0 Å². The van der Waals surface area contributed by atoms with Crippen LogP contribution in [0.5, 0.6) is 28.7 Å². The first-order valence-electron chi connectivity index (χ1n) is 10.0. The minimum absolute atomic E-state index is 0.135. The molecule has 1 aliphatic heterocycles. The molecule has 0 saturated carbocycles. The van der Waals surface area contributed by atoms with Crippen molar-refractivity contribution in [2.75, 3.05) is 21.3 Å². The van der Waals surface area contributed by atoms with Gasteiger partial charge in [0.15, 0.2) is 17.3 Å². The minimum atomic E-state index is -0.639. The highest BCUT2D eigenvalue weighted by Gasteiger charge is 2.31. The van der Waals surface area contributed by atoms with E-state index in [9.17, 15) is 9.59 Å². The van der Waals surface area contributed by atoms with E-state index < -0.39 is 5.97 Å². The number of allylic oxidation sites excluding steroid dienone is 1. The van der Waals surface area contributed by atoms with Crippen LogP contribution in [0.15, 0.2) is 46.6 Å². The molecule has 170 valence electrons. The molecule has 0 radical (unpaired) electrons. The summed E-state index contributed by atoms with van der Waals surface area (Å²) >= 11 is 0. The zero-order valence-corrected chi connectivity index (χ0v) is 18.8. The van der Waals surface area contributed by atoms with E-state index in [1.54, 1.807) is 25.1 Å². The molecule has 4 rings (SSSR count). The number of hydrogen-bond acceptors (Lipinski definition) is 8. The second-order valence-electron chi connectivity index (χ2n) is 7.31. The number of carbonyl (C=O) groups is 2. The fourth-order valence-corrected chi connectivity index (χ4v) is 3.56. The first-order chi connectivity index (χ1) is 15.8. The molecule has 0 amide bonds. The van der Waals surface area contributed by atoms with Crippen LogP contribution in [0.25, 0.3) is 6.08 Å². The van der Waals surface area contributed by atoms with Gasteiger partial charge in [0.2, 0.25) is 11.5 Å². The number of aryl methyl sites for hydroxylation is 2. The molecule has 0 bridgehead atoms.